The van der Waals surface area contributed by atoms with E-state index in [9.17, 15) is 9.90 Å². The Morgan fingerprint density at radius 3 is 2.74 bits per heavy atom. The van der Waals surface area contributed by atoms with Gasteiger partial charge in [-0.05, 0) is 48.2 Å². The maximum atomic E-state index is 12.2. The van der Waals surface area contributed by atoms with E-state index >= 15 is 0 Å². The van der Waals surface area contributed by atoms with Crippen molar-refractivity contribution < 1.29 is 14.6 Å². The normalized spacial score (nSPS) is 16.4. The summed E-state index contributed by atoms with van der Waals surface area (Å²) >= 11 is 0. The molecule has 0 aliphatic heterocycles. The third-order valence-electron chi connectivity index (χ3n) is 4.41. The number of amides is 1. The highest BCUT2D eigenvalue weighted by molar-refractivity contribution is 5.82. The van der Waals surface area contributed by atoms with Gasteiger partial charge in [-0.15, -0.1) is 0 Å². The number of hydrogen-bond donors (Lipinski definition) is 2. The van der Waals surface area contributed by atoms with E-state index in [-0.39, 0.29) is 5.41 Å². The van der Waals surface area contributed by atoms with Crippen LogP contribution in [-0.4, -0.2) is 29.7 Å². The Morgan fingerprint density at radius 2 is 2.09 bits per heavy atom. The molecule has 0 saturated heterocycles. The SMILES string of the molecule is COc1cccc(C(O)C(=O)NCC2(c3ccncc3)CC2)c1. The Kier molecular flexibility index (Phi) is 4.30. The largest absolute Gasteiger partial charge is 0.497 e. The third kappa shape index (κ3) is 3.35. The molecular weight excluding hydrogens is 292 g/mol. The summed E-state index contributed by atoms with van der Waals surface area (Å²) in [6, 6.07) is 10.9. The van der Waals surface area contributed by atoms with Crippen LogP contribution in [0.4, 0.5) is 0 Å². The summed E-state index contributed by atoms with van der Waals surface area (Å²) in [7, 11) is 1.55. The molecule has 1 fully saturated rings. The second-order valence-corrected chi connectivity index (χ2v) is 5.91. The smallest absolute Gasteiger partial charge is 0.253 e. The fourth-order valence-corrected chi connectivity index (χ4v) is 2.74. The quantitative estimate of drug-likeness (QED) is 0.855. The highest BCUT2D eigenvalue weighted by Crippen LogP contribution is 2.47. The van der Waals surface area contributed by atoms with E-state index < -0.39 is 12.0 Å². The molecular formula is C18H20N2O3. The van der Waals surface area contributed by atoms with E-state index in [1.165, 1.54) is 5.56 Å². The fourth-order valence-electron chi connectivity index (χ4n) is 2.74. The molecule has 2 N–H and O–H groups in total. The molecule has 1 aliphatic rings. The molecule has 1 amide bonds. The lowest BCUT2D eigenvalue weighted by molar-refractivity contribution is -0.129. The molecule has 1 aromatic carbocycles. The Bertz CT molecular complexity index is 684. The van der Waals surface area contributed by atoms with Crippen molar-refractivity contribution in [3.63, 3.8) is 0 Å². The van der Waals surface area contributed by atoms with Crippen molar-refractivity contribution >= 4 is 5.91 Å². The topological polar surface area (TPSA) is 71.5 Å². The molecule has 0 radical (unpaired) electrons. The van der Waals surface area contributed by atoms with Gasteiger partial charge in [-0.2, -0.15) is 0 Å². The zero-order valence-corrected chi connectivity index (χ0v) is 13.0. The van der Waals surface area contributed by atoms with E-state index in [4.69, 9.17) is 4.74 Å². The first-order chi connectivity index (χ1) is 11.1. The predicted octanol–water partition coefficient (Wildman–Crippen LogP) is 1.97. The lowest BCUT2D eigenvalue weighted by Crippen LogP contribution is -2.35. The van der Waals surface area contributed by atoms with Crippen LogP contribution in [0, 0.1) is 0 Å². The number of pyridine rings is 1. The molecule has 5 heteroatoms. The van der Waals surface area contributed by atoms with E-state index in [1.54, 1.807) is 43.8 Å². The number of aromatic nitrogens is 1. The van der Waals surface area contributed by atoms with Crippen molar-refractivity contribution in [2.24, 2.45) is 0 Å². The minimum absolute atomic E-state index is 0.00724. The minimum Gasteiger partial charge on any atom is -0.497 e. The number of hydrogen-bond acceptors (Lipinski definition) is 4. The highest BCUT2D eigenvalue weighted by Gasteiger charge is 2.44. The van der Waals surface area contributed by atoms with Gasteiger partial charge in [-0.1, -0.05) is 12.1 Å². The summed E-state index contributed by atoms with van der Waals surface area (Å²) in [6.07, 6.45) is 4.40. The molecule has 2 aromatic rings. The number of methoxy groups -OCH3 is 1. The first kappa shape index (κ1) is 15.5. The van der Waals surface area contributed by atoms with Gasteiger partial charge in [0.15, 0.2) is 6.10 Å². The van der Waals surface area contributed by atoms with E-state index in [2.05, 4.69) is 10.3 Å². The third-order valence-corrected chi connectivity index (χ3v) is 4.41. The van der Waals surface area contributed by atoms with Crippen LogP contribution in [0.25, 0.3) is 0 Å². The van der Waals surface area contributed by atoms with Crippen molar-refractivity contribution in [1.29, 1.82) is 0 Å². The molecule has 1 aliphatic carbocycles. The minimum atomic E-state index is -1.20. The molecule has 120 valence electrons. The first-order valence-corrected chi connectivity index (χ1v) is 7.65. The Hall–Kier alpha value is -2.40. The fraction of sp³-hybridized carbons (Fsp3) is 0.333. The summed E-state index contributed by atoms with van der Waals surface area (Å²) < 4.78 is 5.12. The second kappa shape index (κ2) is 6.38. The Morgan fingerprint density at radius 1 is 1.35 bits per heavy atom. The first-order valence-electron chi connectivity index (χ1n) is 7.65. The van der Waals surface area contributed by atoms with Crippen LogP contribution < -0.4 is 10.1 Å². The predicted molar refractivity (Wildman–Crippen MR) is 86.1 cm³/mol. The van der Waals surface area contributed by atoms with E-state index in [0.29, 0.717) is 17.9 Å². The van der Waals surface area contributed by atoms with Crippen LogP contribution in [0.15, 0.2) is 48.8 Å². The number of carbonyl (C=O) groups excluding carboxylic acids is 1. The van der Waals surface area contributed by atoms with Crippen molar-refractivity contribution in [1.82, 2.24) is 10.3 Å². The maximum absolute atomic E-state index is 12.2. The van der Waals surface area contributed by atoms with Crippen LogP contribution in [0.5, 0.6) is 5.75 Å². The molecule has 1 atom stereocenters. The summed E-state index contributed by atoms with van der Waals surface area (Å²) in [5, 5.41) is 13.1. The van der Waals surface area contributed by atoms with Crippen LogP contribution in [-0.2, 0) is 10.2 Å². The number of ether oxygens (including phenoxy) is 1. The van der Waals surface area contributed by atoms with Crippen molar-refractivity contribution in [3.05, 3.63) is 59.9 Å². The zero-order valence-electron chi connectivity index (χ0n) is 13.0. The molecule has 23 heavy (non-hydrogen) atoms. The molecule has 1 heterocycles. The number of nitrogens with one attached hydrogen (secondary N) is 1. The van der Waals surface area contributed by atoms with E-state index in [0.717, 1.165) is 12.8 Å². The van der Waals surface area contributed by atoms with Gasteiger partial charge < -0.3 is 15.2 Å². The number of nitrogens with zero attached hydrogens (tertiary/aromatic N) is 1. The molecule has 3 rings (SSSR count). The Labute approximate surface area is 135 Å². The number of aliphatic hydroxyl groups is 1. The Balaban J connectivity index is 1.63. The van der Waals surface area contributed by atoms with Crippen LogP contribution in [0.1, 0.15) is 30.1 Å². The van der Waals surface area contributed by atoms with Gasteiger partial charge >= 0.3 is 0 Å². The molecule has 0 bridgehead atoms. The average molecular weight is 312 g/mol. The highest BCUT2D eigenvalue weighted by atomic mass is 16.5. The van der Waals surface area contributed by atoms with Gasteiger partial charge in [0.25, 0.3) is 5.91 Å². The van der Waals surface area contributed by atoms with Gasteiger partial charge in [0.05, 0.1) is 7.11 Å². The van der Waals surface area contributed by atoms with Crippen LogP contribution >= 0.6 is 0 Å². The number of rotatable bonds is 6. The summed E-state index contributed by atoms with van der Waals surface area (Å²) in [4.78, 5) is 16.3. The molecule has 1 aromatic heterocycles. The molecule has 5 nitrogen and oxygen atoms in total. The summed E-state index contributed by atoms with van der Waals surface area (Å²) in [5.74, 6) is 0.225. The molecule has 0 spiro atoms. The standard InChI is InChI=1S/C18H20N2O3/c1-23-15-4-2-3-13(11-15)16(21)17(22)20-12-18(7-8-18)14-5-9-19-10-6-14/h2-6,9-11,16,21H,7-8,12H2,1H3,(H,20,22). The number of benzene rings is 1. The lowest BCUT2D eigenvalue weighted by atomic mass is 9.97. The maximum Gasteiger partial charge on any atom is 0.253 e. The summed E-state index contributed by atoms with van der Waals surface area (Å²) in [6.45, 7) is 0.525. The van der Waals surface area contributed by atoms with Crippen molar-refractivity contribution in [2.75, 3.05) is 13.7 Å². The number of aliphatic hydroxyl groups excluding tert-OH is 1. The monoisotopic (exact) mass is 312 g/mol. The van der Waals surface area contributed by atoms with Crippen molar-refractivity contribution in [2.45, 2.75) is 24.4 Å². The van der Waals surface area contributed by atoms with Gasteiger partial charge in [0.2, 0.25) is 0 Å². The second-order valence-electron chi connectivity index (χ2n) is 5.91. The average Bonchev–Trinajstić information content (AvgIpc) is 3.41. The molecule has 1 saturated carbocycles. The summed E-state index contributed by atoms with van der Waals surface area (Å²) in [5.41, 5.74) is 1.70. The van der Waals surface area contributed by atoms with Gasteiger partial charge in [-0.25, -0.2) is 0 Å². The molecule has 1 unspecified atom stereocenters. The van der Waals surface area contributed by atoms with Crippen molar-refractivity contribution in [3.8, 4) is 5.75 Å². The number of carbonyl (C=O) groups is 1. The van der Waals surface area contributed by atoms with Gasteiger partial charge in [0.1, 0.15) is 5.75 Å². The van der Waals surface area contributed by atoms with Crippen LogP contribution in [0.3, 0.4) is 0 Å². The van der Waals surface area contributed by atoms with E-state index in [1.807, 2.05) is 12.1 Å². The van der Waals surface area contributed by atoms with Gasteiger partial charge in [-0.3, -0.25) is 9.78 Å². The lowest BCUT2D eigenvalue weighted by Gasteiger charge is -2.18. The van der Waals surface area contributed by atoms with Gasteiger partial charge in [0, 0.05) is 24.4 Å². The van der Waals surface area contributed by atoms with Crippen LogP contribution in [0.2, 0.25) is 0 Å². The zero-order chi connectivity index (χ0) is 16.3.